The SMILES string of the molecule is NC(=O)N1CCN(CCCN2c3ccccc3Sc3ccc(Cl)cc32)CC1. The summed E-state index contributed by atoms with van der Waals surface area (Å²) in [6, 6.07) is 14.3. The van der Waals surface area contributed by atoms with Crippen LogP contribution in [-0.4, -0.2) is 55.1 Å². The summed E-state index contributed by atoms with van der Waals surface area (Å²) in [6.45, 7) is 5.15. The van der Waals surface area contributed by atoms with E-state index in [1.807, 2.05) is 6.07 Å². The number of amides is 2. The fourth-order valence-electron chi connectivity index (χ4n) is 3.69. The van der Waals surface area contributed by atoms with Gasteiger partial charge in [0.2, 0.25) is 0 Å². The van der Waals surface area contributed by atoms with Crippen LogP contribution in [0, 0.1) is 0 Å². The number of carbonyl (C=O) groups is 1. The number of para-hydroxylation sites is 1. The number of rotatable bonds is 4. The highest BCUT2D eigenvalue weighted by atomic mass is 35.5. The van der Waals surface area contributed by atoms with E-state index < -0.39 is 0 Å². The molecular formula is C20H23ClN4OS. The maximum atomic E-state index is 11.3. The molecule has 2 aliphatic rings. The summed E-state index contributed by atoms with van der Waals surface area (Å²) in [4.78, 5) is 20.3. The van der Waals surface area contributed by atoms with Gasteiger partial charge in [-0.3, -0.25) is 4.90 Å². The van der Waals surface area contributed by atoms with Gasteiger partial charge in [0, 0.05) is 47.5 Å². The highest BCUT2D eigenvalue weighted by molar-refractivity contribution is 7.99. The number of hydrogen-bond acceptors (Lipinski definition) is 4. The van der Waals surface area contributed by atoms with Crippen LogP contribution in [0.1, 0.15) is 6.42 Å². The van der Waals surface area contributed by atoms with Gasteiger partial charge in [0.15, 0.2) is 0 Å². The highest BCUT2D eigenvalue weighted by Gasteiger charge is 2.24. The van der Waals surface area contributed by atoms with Crippen molar-refractivity contribution in [2.75, 3.05) is 44.2 Å². The number of halogens is 1. The Morgan fingerprint density at radius 1 is 1.00 bits per heavy atom. The van der Waals surface area contributed by atoms with E-state index in [4.69, 9.17) is 17.3 Å². The Balaban J connectivity index is 1.43. The molecule has 7 heteroatoms. The number of fused-ring (bicyclic) bond motifs is 2. The van der Waals surface area contributed by atoms with E-state index in [-0.39, 0.29) is 6.03 Å². The highest BCUT2D eigenvalue weighted by Crippen LogP contribution is 2.48. The van der Waals surface area contributed by atoms with Crippen LogP contribution < -0.4 is 10.6 Å². The maximum Gasteiger partial charge on any atom is 0.314 e. The van der Waals surface area contributed by atoms with Crippen LogP contribution in [0.3, 0.4) is 0 Å². The molecule has 2 amide bonds. The Bertz CT molecular complexity index is 838. The molecule has 2 aromatic carbocycles. The van der Waals surface area contributed by atoms with Crippen molar-refractivity contribution in [2.45, 2.75) is 16.2 Å². The zero-order chi connectivity index (χ0) is 18.8. The normalized spacial score (nSPS) is 16.8. The van der Waals surface area contributed by atoms with E-state index in [9.17, 15) is 4.79 Å². The van der Waals surface area contributed by atoms with Crippen LogP contribution >= 0.6 is 23.4 Å². The van der Waals surface area contributed by atoms with Crippen LogP contribution in [0.4, 0.5) is 16.2 Å². The second-order valence-corrected chi connectivity index (χ2v) is 8.37. The Labute approximate surface area is 169 Å². The molecule has 0 aromatic heterocycles. The van der Waals surface area contributed by atoms with E-state index in [2.05, 4.69) is 46.2 Å². The summed E-state index contributed by atoms with van der Waals surface area (Å²) < 4.78 is 0. The molecule has 1 fully saturated rings. The van der Waals surface area contributed by atoms with Gasteiger partial charge in [-0.25, -0.2) is 4.79 Å². The summed E-state index contributed by atoms with van der Waals surface area (Å²) in [5, 5.41) is 0.765. The number of carbonyl (C=O) groups excluding carboxylic acids is 1. The van der Waals surface area contributed by atoms with E-state index in [0.717, 1.165) is 50.7 Å². The fraction of sp³-hybridized carbons (Fsp3) is 0.350. The van der Waals surface area contributed by atoms with Gasteiger partial charge in [-0.15, -0.1) is 0 Å². The van der Waals surface area contributed by atoms with Gasteiger partial charge in [-0.2, -0.15) is 0 Å². The summed E-state index contributed by atoms with van der Waals surface area (Å²) in [6.07, 6.45) is 1.04. The molecule has 142 valence electrons. The number of piperazine rings is 1. The molecule has 27 heavy (non-hydrogen) atoms. The minimum absolute atomic E-state index is 0.314. The lowest BCUT2D eigenvalue weighted by Gasteiger charge is -2.35. The average Bonchev–Trinajstić information content (AvgIpc) is 2.68. The minimum atomic E-state index is -0.314. The zero-order valence-corrected chi connectivity index (χ0v) is 16.7. The second-order valence-electron chi connectivity index (χ2n) is 6.85. The summed E-state index contributed by atoms with van der Waals surface area (Å²) in [7, 11) is 0. The number of anilines is 2. The third kappa shape index (κ3) is 4.03. The molecule has 0 radical (unpaired) electrons. The van der Waals surface area contributed by atoms with Crippen LogP contribution in [0.25, 0.3) is 0 Å². The third-order valence-corrected chi connectivity index (χ3v) is 6.49. The van der Waals surface area contributed by atoms with Crippen LogP contribution in [0.5, 0.6) is 0 Å². The fourth-order valence-corrected chi connectivity index (χ4v) is 4.93. The first-order valence-corrected chi connectivity index (χ1v) is 10.4. The quantitative estimate of drug-likeness (QED) is 0.838. The average molecular weight is 403 g/mol. The maximum absolute atomic E-state index is 11.3. The minimum Gasteiger partial charge on any atom is -0.351 e. The van der Waals surface area contributed by atoms with Crippen LogP contribution in [0.15, 0.2) is 52.3 Å². The van der Waals surface area contributed by atoms with E-state index >= 15 is 0 Å². The third-order valence-electron chi connectivity index (χ3n) is 5.13. The predicted octanol–water partition coefficient (Wildman–Crippen LogP) is 4.03. The molecule has 0 unspecified atom stereocenters. The van der Waals surface area contributed by atoms with Gasteiger partial charge in [-0.05, 0) is 43.3 Å². The molecule has 2 heterocycles. The van der Waals surface area contributed by atoms with Gasteiger partial charge in [0.1, 0.15) is 0 Å². The lowest BCUT2D eigenvalue weighted by Crippen LogP contribution is -2.50. The van der Waals surface area contributed by atoms with Crippen molar-refractivity contribution < 1.29 is 4.79 Å². The molecule has 2 N–H and O–H groups in total. The molecule has 2 aliphatic heterocycles. The van der Waals surface area contributed by atoms with Crippen molar-refractivity contribution in [3.05, 3.63) is 47.5 Å². The first kappa shape index (κ1) is 18.5. The topological polar surface area (TPSA) is 52.8 Å². The number of urea groups is 1. The van der Waals surface area contributed by atoms with Crippen molar-refractivity contribution in [3.8, 4) is 0 Å². The first-order valence-electron chi connectivity index (χ1n) is 9.22. The van der Waals surface area contributed by atoms with Crippen LogP contribution in [-0.2, 0) is 0 Å². The Hall–Kier alpha value is -1.89. The number of nitrogens with zero attached hydrogens (tertiary/aromatic N) is 3. The number of primary amides is 1. The lowest BCUT2D eigenvalue weighted by molar-refractivity contribution is 0.144. The van der Waals surface area contributed by atoms with Gasteiger partial charge in [-0.1, -0.05) is 35.5 Å². The summed E-state index contributed by atoms with van der Waals surface area (Å²) in [5.41, 5.74) is 7.79. The summed E-state index contributed by atoms with van der Waals surface area (Å²) in [5.74, 6) is 0. The molecule has 2 aromatic rings. The molecule has 0 aliphatic carbocycles. The number of benzene rings is 2. The summed E-state index contributed by atoms with van der Waals surface area (Å²) >= 11 is 8.08. The lowest BCUT2D eigenvalue weighted by atomic mass is 10.2. The number of hydrogen-bond donors (Lipinski definition) is 1. The van der Waals surface area contributed by atoms with E-state index in [0.29, 0.717) is 0 Å². The van der Waals surface area contributed by atoms with Gasteiger partial charge >= 0.3 is 6.03 Å². The van der Waals surface area contributed by atoms with Crippen molar-refractivity contribution >= 4 is 40.8 Å². The predicted molar refractivity (Wildman–Crippen MR) is 111 cm³/mol. The molecule has 4 rings (SSSR count). The van der Waals surface area contributed by atoms with E-state index in [1.54, 1.807) is 16.7 Å². The van der Waals surface area contributed by atoms with Crippen molar-refractivity contribution in [1.29, 1.82) is 0 Å². The van der Waals surface area contributed by atoms with E-state index in [1.165, 1.54) is 21.2 Å². The molecule has 0 bridgehead atoms. The number of nitrogens with two attached hydrogens (primary N) is 1. The second kappa shape index (κ2) is 8.00. The molecule has 0 saturated carbocycles. The molecule has 0 atom stereocenters. The Morgan fingerprint density at radius 2 is 1.74 bits per heavy atom. The standard InChI is InChI=1S/C20H23ClN4OS/c21-15-6-7-19-17(14-15)25(16-4-1-2-5-18(16)27-19)9-3-8-23-10-12-24(13-11-23)20(22)26/h1-2,4-7,14H,3,8-13H2,(H2,22,26). The van der Waals surface area contributed by atoms with Gasteiger partial charge in [0.25, 0.3) is 0 Å². The first-order chi connectivity index (χ1) is 13.1. The van der Waals surface area contributed by atoms with Gasteiger partial charge in [0.05, 0.1) is 11.4 Å². The largest absolute Gasteiger partial charge is 0.351 e. The Morgan fingerprint density at radius 3 is 2.52 bits per heavy atom. The molecular weight excluding hydrogens is 380 g/mol. The smallest absolute Gasteiger partial charge is 0.314 e. The molecule has 1 saturated heterocycles. The Kier molecular flexibility index (Phi) is 5.48. The molecule has 0 spiro atoms. The van der Waals surface area contributed by atoms with Crippen molar-refractivity contribution in [3.63, 3.8) is 0 Å². The zero-order valence-electron chi connectivity index (χ0n) is 15.1. The monoisotopic (exact) mass is 402 g/mol. The molecule has 5 nitrogen and oxygen atoms in total. The van der Waals surface area contributed by atoms with Crippen molar-refractivity contribution in [2.24, 2.45) is 5.73 Å². The van der Waals surface area contributed by atoms with Crippen LogP contribution in [0.2, 0.25) is 5.02 Å². The van der Waals surface area contributed by atoms with Gasteiger partial charge < -0.3 is 15.5 Å². The van der Waals surface area contributed by atoms with Crippen molar-refractivity contribution in [1.82, 2.24) is 9.80 Å².